The predicted molar refractivity (Wildman–Crippen MR) is 148 cm³/mol. The van der Waals surface area contributed by atoms with Crippen molar-refractivity contribution in [1.82, 2.24) is 0 Å². The van der Waals surface area contributed by atoms with Gasteiger partial charge >= 0.3 is 0 Å². The van der Waals surface area contributed by atoms with E-state index in [-0.39, 0.29) is 5.82 Å². The summed E-state index contributed by atoms with van der Waals surface area (Å²) in [6.45, 7) is 4.33. The second-order valence-electron chi connectivity index (χ2n) is 10.5. The lowest BCUT2D eigenvalue weighted by molar-refractivity contribution is 0.310. The highest BCUT2D eigenvalue weighted by molar-refractivity contribution is 5.29. The van der Waals surface area contributed by atoms with Crippen LogP contribution in [-0.4, -0.2) is 0 Å². The van der Waals surface area contributed by atoms with Crippen LogP contribution in [-0.2, 0) is 19.3 Å². The van der Waals surface area contributed by atoms with Gasteiger partial charge in [-0.2, -0.15) is 0 Å². The molecule has 0 N–H and O–H groups in total. The van der Waals surface area contributed by atoms with Crippen LogP contribution in [0.25, 0.3) is 0 Å². The maximum absolute atomic E-state index is 14.6. The second kappa shape index (κ2) is 12.9. The van der Waals surface area contributed by atoms with E-state index in [1.807, 2.05) is 25.1 Å². The predicted octanol–water partition coefficient (Wildman–Crippen LogP) is 9.59. The Kier molecular flexibility index (Phi) is 9.35. The third-order valence-corrected chi connectivity index (χ3v) is 7.99. The molecule has 0 heterocycles. The van der Waals surface area contributed by atoms with E-state index in [2.05, 4.69) is 73.7 Å². The van der Waals surface area contributed by atoms with Gasteiger partial charge < -0.3 is 0 Å². The van der Waals surface area contributed by atoms with Crippen LogP contribution >= 0.6 is 0 Å². The van der Waals surface area contributed by atoms with Crippen molar-refractivity contribution in [3.05, 3.63) is 119 Å². The molecule has 0 nitrogen and oxygen atoms in total. The fourth-order valence-electron chi connectivity index (χ4n) is 5.68. The van der Waals surface area contributed by atoms with Crippen molar-refractivity contribution in [1.29, 1.82) is 0 Å². The van der Waals surface area contributed by atoms with Gasteiger partial charge in [0.1, 0.15) is 5.82 Å². The van der Waals surface area contributed by atoms with Gasteiger partial charge in [-0.1, -0.05) is 85.8 Å². The second-order valence-corrected chi connectivity index (χ2v) is 10.5. The maximum Gasteiger partial charge on any atom is 0.126 e. The average molecular weight is 469 g/mol. The zero-order valence-electron chi connectivity index (χ0n) is 21.6. The number of aryl methyl sites for hydroxylation is 2. The molecular formula is C34H41F. The van der Waals surface area contributed by atoms with Crippen LogP contribution in [0.15, 0.2) is 84.9 Å². The van der Waals surface area contributed by atoms with E-state index >= 15 is 0 Å². The summed E-state index contributed by atoms with van der Waals surface area (Å²) in [5.41, 5.74) is 6.34. The van der Waals surface area contributed by atoms with E-state index in [1.165, 1.54) is 60.8 Å². The SMILES string of the molecule is C/C=C/CCc1ccc(C2CCC(CCc3ccc(CC(C)c4ccccc4)cc3)CC2)cc1F. The van der Waals surface area contributed by atoms with Crippen LogP contribution in [0, 0.1) is 11.7 Å². The minimum atomic E-state index is -0.0178. The van der Waals surface area contributed by atoms with E-state index in [0.29, 0.717) is 11.8 Å². The largest absolute Gasteiger partial charge is 0.207 e. The number of rotatable bonds is 10. The van der Waals surface area contributed by atoms with E-state index in [4.69, 9.17) is 0 Å². The molecule has 3 aromatic rings. The van der Waals surface area contributed by atoms with Crippen LogP contribution in [0.1, 0.15) is 92.0 Å². The lowest BCUT2D eigenvalue weighted by atomic mass is 9.76. The Morgan fingerprint density at radius 2 is 1.57 bits per heavy atom. The van der Waals surface area contributed by atoms with E-state index in [9.17, 15) is 4.39 Å². The van der Waals surface area contributed by atoms with Crippen molar-refractivity contribution in [2.45, 2.75) is 83.5 Å². The summed E-state index contributed by atoms with van der Waals surface area (Å²) in [5, 5.41) is 0. The van der Waals surface area contributed by atoms with Gasteiger partial charge in [0, 0.05) is 0 Å². The molecule has 0 radical (unpaired) electrons. The summed E-state index contributed by atoms with van der Waals surface area (Å²) in [5.74, 6) is 1.85. The van der Waals surface area contributed by atoms with Gasteiger partial charge in [-0.05, 0) is 116 Å². The molecule has 35 heavy (non-hydrogen) atoms. The topological polar surface area (TPSA) is 0 Å². The van der Waals surface area contributed by atoms with Crippen LogP contribution in [0.3, 0.4) is 0 Å². The zero-order chi connectivity index (χ0) is 24.5. The normalized spacial score (nSPS) is 19.2. The molecule has 1 fully saturated rings. The first kappa shape index (κ1) is 25.4. The molecule has 0 saturated heterocycles. The van der Waals surface area contributed by atoms with Crippen molar-refractivity contribution in [2.24, 2.45) is 5.92 Å². The highest BCUT2D eigenvalue weighted by Gasteiger charge is 2.23. The Morgan fingerprint density at radius 1 is 0.857 bits per heavy atom. The summed E-state index contributed by atoms with van der Waals surface area (Å²) in [4.78, 5) is 0. The molecule has 184 valence electrons. The van der Waals surface area contributed by atoms with Crippen molar-refractivity contribution in [2.75, 3.05) is 0 Å². The molecule has 1 heteroatoms. The monoisotopic (exact) mass is 468 g/mol. The minimum Gasteiger partial charge on any atom is -0.207 e. The standard InChI is InChI=1S/C34H41F/c1-3-4-6-11-32-22-23-33(25-34(32)35)31-20-18-28(19-21-31)13-12-27-14-16-29(17-15-27)24-26(2)30-9-7-5-8-10-30/h3-5,7-10,14-17,22-23,25-26,28,31H,6,11-13,18-21,24H2,1-2H3/b4-3+. The molecule has 4 rings (SSSR count). The first-order valence-electron chi connectivity index (χ1n) is 13.6. The molecule has 1 aliphatic carbocycles. The number of benzene rings is 3. The van der Waals surface area contributed by atoms with Gasteiger partial charge in [-0.3, -0.25) is 0 Å². The Bertz CT molecular complexity index is 1060. The quantitative estimate of drug-likeness (QED) is 0.260. The lowest BCUT2D eigenvalue weighted by Gasteiger charge is -2.29. The third kappa shape index (κ3) is 7.40. The minimum absolute atomic E-state index is 0.0178. The first-order chi connectivity index (χ1) is 17.1. The fourth-order valence-corrected chi connectivity index (χ4v) is 5.68. The third-order valence-electron chi connectivity index (χ3n) is 7.99. The van der Waals surface area contributed by atoms with Crippen LogP contribution in [0.4, 0.5) is 4.39 Å². The smallest absolute Gasteiger partial charge is 0.126 e. The lowest BCUT2D eigenvalue weighted by Crippen LogP contribution is -2.14. The van der Waals surface area contributed by atoms with Gasteiger partial charge in [0.15, 0.2) is 0 Å². The molecule has 0 spiro atoms. The molecule has 1 aliphatic rings. The summed E-state index contributed by atoms with van der Waals surface area (Å²) >= 11 is 0. The van der Waals surface area contributed by atoms with Gasteiger partial charge in [0.2, 0.25) is 0 Å². The van der Waals surface area contributed by atoms with E-state index in [1.54, 1.807) is 0 Å². The van der Waals surface area contributed by atoms with Gasteiger partial charge in [-0.25, -0.2) is 4.39 Å². The van der Waals surface area contributed by atoms with Crippen LogP contribution < -0.4 is 0 Å². The molecule has 1 unspecified atom stereocenters. The van der Waals surface area contributed by atoms with Crippen molar-refractivity contribution in [3.8, 4) is 0 Å². The van der Waals surface area contributed by atoms with Gasteiger partial charge in [-0.15, -0.1) is 0 Å². The Labute approximate surface area is 212 Å². The first-order valence-corrected chi connectivity index (χ1v) is 13.6. The number of hydrogen-bond donors (Lipinski definition) is 0. The van der Waals surface area contributed by atoms with E-state index in [0.717, 1.165) is 30.7 Å². The molecule has 0 aliphatic heterocycles. The summed E-state index contributed by atoms with van der Waals surface area (Å²) in [6.07, 6.45) is 14.3. The van der Waals surface area contributed by atoms with Crippen molar-refractivity contribution in [3.63, 3.8) is 0 Å². The molecule has 0 bridgehead atoms. The van der Waals surface area contributed by atoms with Crippen molar-refractivity contribution >= 4 is 0 Å². The molecule has 3 aromatic carbocycles. The molecule has 0 aromatic heterocycles. The van der Waals surface area contributed by atoms with Gasteiger partial charge in [0.25, 0.3) is 0 Å². The summed E-state index contributed by atoms with van der Waals surface area (Å²) < 4.78 is 14.6. The molecular weight excluding hydrogens is 427 g/mol. The molecule has 1 atom stereocenters. The Hall–Kier alpha value is -2.67. The van der Waals surface area contributed by atoms with Crippen molar-refractivity contribution < 1.29 is 4.39 Å². The Balaban J connectivity index is 1.21. The van der Waals surface area contributed by atoms with Gasteiger partial charge in [0.05, 0.1) is 0 Å². The van der Waals surface area contributed by atoms with E-state index < -0.39 is 0 Å². The highest BCUT2D eigenvalue weighted by Crippen LogP contribution is 2.38. The molecule has 0 amide bonds. The number of halogens is 1. The average Bonchev–Trinajstić information content (AvgIpc) is 2.90. The van der Waals surface area contributed by atoms with Crippen LogP contribution in [0.5, 0.6) is 0 Å². The number of hydrogen-bond acceptors (Lipinski definition) is 0. The summed E-state index contributed by atoms with van der Waals surface area (Å²) in [7, 11) is 0. The zero-order valence-corrected chi connectivity index (χ0v) is 21.6. The maximum atomic E-state index is 14.6. The fraction of sp³-hybridized carbons (Fsp3) is 0.412. The Morgan fingerprint density at radius 3 is 2.26 bits per heavy atom. The molecule has 1 saturated carbocycles. The van der Waals surface area contributed by atoms with Crippen LogP contribution in [0.2, 0.25) is 0 Å². The number of allylic oxidation sites excluding steroid dienone is 2. The summed E-state index contributed by atoms with van der Waals surface area (Å²) in [6, 6.07) is 26.1. The highest BCUT2D eigenvalue weighted by atomic mass is 19.1.